The average molecular weight is 348 g/mol. The fraction of sp³-hybridized carbons (Fsp3) is 0.333. The zero-order valence-corrected chi connectivity index (χ0v) is 15.0. The molecule has 0 aromatic heterocycles. The first-order chi connectivity index (χ1) is 12.7. The van der Waals surface area contributed by atoms with Crippen molar-refractivity contribution in [1.29, 1.82) is 0 Å². The van der Waals surface area contributed by atoms with Crippen LogP contribution in [0, 0.1) is 0 Å². The molecule has 1 fully saturated rings. The zero-order valence-electron chi connectivity index (χ0n) is 15.0. The van der Waals surface area contributed by atoms with Gasteiger partial charge in [0.25, 0.3) is 5.91 Å². The van der Waals surface area contributed by atoms with Gasteiger partial charge < -0.3 is 16.4 Å². The smallest absolute Gasteiger partial charge is 0.256 e. The van der Waals surface area contributed by atoms with E-state index in [0.29, 0.717) is 6.04 Å². The van der Waals surface area contributed by atoms with Gasteiger partial charge in [0.2, 0.25) is 0 Å². The van der Waals surface area contributed by atoms with E-state index in [4.69, 9.17) is 10.7 Å². The molecule has 4 N–H and O–H groups in total. The van der Waals surface area contributed by atoms with Crippen molar-refractivity contribution in [3.63, 3.8) is 0 Å². The van der Waals surface area contributed by atoms with Gasteiger partial charge in [0.1, 0.15) is 0 Å². The summed E-state index contributed by atoms with van der Waals surface area (Å²) in [6.07, 6.45) is 5.73. The maximum atomic E-state index is 12.1. The van der Waals surface area contributed by atoms with Crippen LogP contribution in [0.15, 0.2) is 47.1 Å². The van der Waals surface area contributed by atoms with E-state index in [0.717, 1.165) is 59.1 Å². The van der Waals surface area contributed by atoms with Crippen molar-refractivity contribution in [1.82, 2.24) is 5.32 Å². The molecular weight excluding hydrogens is 324 g/mol. The van der Waals surface area contributed by atoms with Gasteiger partial charge >= 0.3 is 0 Å². The van der Waals surface area contributed by atoms with Crippen molar-refractivity contribution in [2.75, 3.05) is 18.4 Å². The summed E-state index contributed by atoms with van der Waals surface area (Å²) in [6, 6.07) is 10.3. The lowest BCUT2D eigenvalue weighted by Crippen LogP contribution is -2.29. The maximum Gasteiger partial charge on any atom is 0.256 e. The largest absolute Gasteiger partial charge is 0.404 e. The number of allylic oxidation sites excluding steroid dienone is 1. The molecule has 0 spiro atoms. The molecule has 134 valence electrons. The summed E-state index contributed by atoms with van der Waals surface area (Å²) in [6.45, 7) is 4.19. The zero-order chi connectivity index (χ0) is 18.1. The van der Waals surface area contributed by atoms with Gasteiger partial charge in [-0.2, -0.15) is 0 Å². The summed E-state index contributed by atoms with van der Waals surface area (Å²) in [5, 5.41) is 8.40. The number of nitrogens with two attached hydrogens (primary N) is 1. The van der Waals surface area contributed by atoms with E-state index in [-0.39, 0.29) is 11.8 Å². The number of nitrogens with zero attached hydrogens (tertiary/aromatic N) is 1. The molecule has 2 aliphatic heterocycles. The molecule has 1 saturated heterocycles. The van der Waals surface area contributed by atoms with Crippen LogP contribution in [0.5, 0.6) is 0 Å². The van der Waals surface area contributed by atoms with Crippen LogP contribution < -0.4 is 16.4 Å². The minimum Gasteiger partial charge on any atom is -0.404 e. The van der Waals surface area contributed by atoms with E-state index in [1.54, 1.807) is 6.20 Å². The molecule has 2 heterocycles. The molecule has 0 aliphatic carbocycles. The van der Waals surface area contributed by atoms with Crippen LogP contribution in [-0.2, 0) is 0 Å². The van der Waals surface area contributed by atoms with Crippen LogP contribution in [0.25, 0.3) is 10.8 Å². The highest BCUT2D eigenvalue weighted by atomic mass is 16.1. The fourth-order valence-corrected chi connectivity index (χ4v) is 3.92. The lowest BCUT2D eigenvalue weighted by molar-refractivity contribution is 0.103. The number of hydrogen-bond donors (Lipinski definition) is 3. The number of aliphatic imine (C=N–C) groups is 1. The summed E-state index contributed by atoms with van der Waals surface area (Å²) in [5.74, 6) is 0.0722. The van der Waals surface area contributed by atoms with Gasteiger partial charge in [-0.25, -0.2) is 0 Å². The van der Waals surface area contributed by atoms with E-state index < -0.39 is 0 Å². The number of nitrogens with one attached hydrogen (secondary N) is 2. The topological polar surface area (TPSA) is 79.5 Å². The van der Waals surface area contributed by atoms with Crippen LogP contribution >= 0.6 is 0 Å². The second kappa shape index (κ2) is 6.92. The lowest BCUT2D eigenvalue weighted by atomic mass is 9.88. The minimum absolute atomic E-state index is 0.0301. The first kappa shape index (κ1) is 16.8. The first-order valence-corrected chi connectivity index (χ1v) is 9.21. The quantitative estimate of drug-likeness (QED) is 0.743. The third-order valence-electron chi connectivity index (χ3n) is 5.47. The predicted molar refractivity (Wildman–Crippen MR) is 107 cm³/mol. The highest BCUT2D eigenvalue weighted by Crippen LogP contribution is 2.38. The molecule has 5 heteroatoms. The number of piperidine rings is 1. The van der Waals surface area contributed by atoms with Crippen molar-refractivity contribution >= 4 is 28.6 Å². The van der Waals surface area contributed by atoms with E-state index in [9.17, 15) is 4.79 Å². The highest BCUT2D eigenvalue weighted by molar-refractivity contribution is 6.24. The number of carbonyl (C=O) groups is 1. The Kier molecular flexibility index (Phi) is 4.47. The van der Waals surface area contributed by atoms with Gasteiger partial charge in [0, 0.05) is 28.8 Å². The van der Waals surface area contributed by atoms with E-state index in [1.807, 2.05) is 24.4 Å². The number of benzene rings is 2. The Morgan fingerprint density at radius 2 is 2.08 bits per heavy atom. The molecular formula is C21H24N4O. The van der Waals surface area contributed by atoms with Crippen molar-refractivity contribution in [2.45, 2.75) is 31.7 Å². The van der Waals surface area contributed by atoms with Gasteiger partial charge in [-0.3, -0.25) is 9.79 Å². The molecule has 26 heavy (non-hydrogen) atoms. The van der Waals surface area contributed by atoms with E-state index >= 15 is 0 Å². The summed E-state index contributed by atoms with van der Waals surface area (Å²) >= 11 is 0. The first-order valence-electron chi connectivity index (χ1n) is 9.21. The molecule has 5 nitrogen and oxygen atoms in total. The number of anilines is 1. The third kappa shape index (κ3) is 2.88. The van der Waals surface area contributed by atoms with Crippen molar-refractivity contribution in [3.8, 4) is 0 Å². The average Bonchev–Trinajstić information content (AvgIpc) is 3.01. The second-order valence-corrected chi connectivity index (χ2v) is 7.03. The molecule has 0 bridgehead atoms. The Bertz CT molecular complexity index is 910. The van der Waals surface area contributed by atoms with Crippen LogP contribution in [0.1, 0.15) is 41.6 Å². The Labute approximate surface area is 153 Å². The Hall–Kier alpha value is -2.66. The number of amides is 1. The molecule has 1 amide bonds. The monoisotopic (exact) mass is 348 g/mol. The standard InChI is InChI=1S/C21H24N4O/c1-13(14(11-22)12-24-15-7-9-23-10-8-15)16-5-6-19-20-17(16)3-2-4-18(20)21(26)25-19/h2-6,11-13,15,23H,7-10,22H2,1H3,(H,25,26)/b14-11+,24-12?. The molecule has 4 rings (SSSR count). The van der Waals surface area contributed by atoms with Gasteiger partial charge in [-0.05, 0) is 60.8 Å². The lowest BCUT2D eigenvalue weighted by Gasteiger charge is -2.20. The third-order valence-corrected chi connectivity index (χ3v) is 5.47. The highest BCUT2D eigenvalue weighted by Gasteiger charge is 2.24. The van der Waals surface area contributed by atoms with Crippen molar-refractivity contribution in [3.05, 3.63) is 53.2 Å². The van der Waals surface area contributed by atoms with Crippen LogP contribution in [0.4, 0.5) is 5.69 Å². The predicted octanol–water partition coefficient (Wildman–Crippen LogP) is 3.17. The Morgan fingerprint density at radius 1 is 1.27 bits per heavy atom. The van der Waals surface area contributed by atoms with Crippen molar-refractivity contribution in [2.24, 2.45) is 10.7 Å². The summed E-state index contributed by atoms with van der Waals surface area (Å²) in [5.41, 5.74) is 9.73. The number of hydrogen-bond acceptors (Lipinski definition) is 4. The molecule has 1 unspecified atom stereocenters. The summed E-state index contributed by atoms with van der Waals surface area (Å²) < 4.78 is 0. The summed E-state index contributed by atoms with van der Waals surface area (Å²) in [4.78, 5) is 16.9. The minimum atomic E-state index is -0.0301. The number of carbonyl (C=O) groups excluding carboxylic acids is 1. The van der Waals surface area contributed by atoms with Crippen LogP contribution in [0.3, 0.4) is 0 Å². The van der Waals surface area contributed by atoms with Crippen molar-refractivity contribution < 1.29 is 4.79 Å². The normalized spacial score (nSPS) is 19.3. The number of rotatable bonds is 4. The maximum absolute atomic E-state index is 12.1. The summed E-state index contributed by atoms with van der Waals surface area (Å²) in [7, 11) is 0. The SMILES string of the molecule is CC(/C(C=NC1CCNCC1)=C/N)c1ccc2c3c(cccc13)C(=O)N2. The molecule has 2 aromatic carbocycles. The van der Waals surface area contributed by atoms with Gasteiger partial charge in [-0.1, -0.05) is 25.1 Å². The van der Waals surface area contributed by atoms with Crippen LogP contribution in [0.2, 0.25) is 0 Å². The molecule has 1 atom stereocenters. The molecule has 0 saturated carbocycles. The fourth-order valence-electron chi connectivity index (χ4n) is 3.92. The van der Waals surface area contributed by atoms with E-state index in [1.165, 1.54) is 0 Å². The second-order valence-electron chi connectivity index (χ2n) is 7.03. The Morgan fingerprint density at radius 3 is 2.85 bits per heavy atom. The van der Waals surface area contributed by atoms with Gasteiger partial charge in [0.15, 0.2) is 0 Å². The Balaban J connectivity index is 1.67. The van der Waals surface area contributed by atoms with E-state index in [2.05, 4.69) is 29.7 Å². The molecule has 0 radical (unpaired) electrons. The molecule has 2 aliphatic rings. The van der Waals surface area contributed by atoms with Gasteiger partial charge in [-0.15, -0.1) is 0 Å². The van der Waals surface area contributed by atoms with Crippen LogP contribution in [-0.4, -0.2) is 31.3 Å². The molecule has 2 aromatic rings. The van der Waals surface area contributed by atoms with Gasteiger partial charge in [0.05, 0.1) is 6.04 Å².